The van der Waals surface area contributed by atoms with Gasteiger partial charge in [0.15, 0.2) is 0 Å². The number of carboxylic acid groups (broad SMARTS) is 1. The van der Waals surface area contributed by atoms with Crippen molar-refractivity contribution in [1.29, 1.82) is 0 Å². The Hall–Kier alpha value is -1.50. The number of halogens is 1. The summed E-state index contributed by atoms with van der Waals surface area (Å²) >= 11 is 0. The molecule has 0 rings (SSSR count). The molecular formula is C17H34ClNO6. The van der Waals surface area contributed by atoms with Gasteiger partial charge in [-0.1, -0.05) is 19.8 Å². The first-order chi connectivity index (χ1) is 11.0. The molecule has 1 N–H and O–H groups in total. The summed E-state index contributed by atoms with van der Waals surface area (Å²) in [7, 11) is 2.99. The van der Waals surface area contributed by atoms with Crippen LogP contribution in [0.1, 0.15) is 66.2 Å². The number of aliphatic carboxylic acids is 1. The van der Waals surface area contributed by atoms with Gasteiger partial charge in [0.25, 0.3) is 0 Å². The predicted octanol–water partition coefficient (Wildman–Crippen LogP) is 3.88. The van der Waals surface area contributed by atoms with E-state index in [2.05, 4.69) is 11.7 Å². The number of unbranched alkanes of at least 4 members (excludes halogenated alkanes) is 2. The van der Waals surface area contributed by atoms with E-state index in [1.165, 1.54) is 12.0 Å². The fourth-order valence-electron chi connectivity index (χ4n) is 1.52. The van der Waals surface area contributed by atoms with Gasteiger partial charge >= 0.3 is 18.0 Å². The minimum Gasteiger partial charge on any atom is -0.481 e. The average Bonchev–Trinajstić information content (AvgIpc) is 2.45. The van der Waals surface area contributed by atoms with E-state index in [1.54, 1.807) is 7.05 Å². The molecule has 0 unspecified atom stereocenters. The van der Waals surface area contributed by atoms with Gasteiger partial charge in [0.05, 0.1) is 7.11 Å². The van der Waals surface area contributed by atoms with Gasteiger partial charge in [-0.25, -0.2) is 4.79 Å². The zero-order valence-electron chi connectivity index (χ0n) is 16.3. The summed E-state index contributed by atoms with van der Waals surface area (Å²) in [4.78, 5) is 33.7. The molecule has 0 saturated heterocycles. The molecule has 8 heteroatoms. The van der Waals surface area contributed by atoms with Crippen LogP contribution in [-0.4, -0.2) is 54.3 Å². The molecular weight excluding hydrogens is 350 g/mol. The Labute approximate surface area is 157 Å². The summed E-state index contributed by atoms with van der Waals surface area (Å²) in [5.41, 5.74) is -0.492. The zero-order chi connectivity index (χ0) is 19.2. The minimum absolute atomic E-state index is 0. The first-order valence-corrected chi connectivity index (χ1v) is 8.26. The van der Waals surface area contributed by atoms with Crippen LogP contribution in [0, 0.1) is 0 Å². The molecule has 0 aliphatic carbocycles. The summed E-state index contributed by atoms with van der Waals surface area (Å²) < 4.78 is 9.65. The number of esters is 1. The molecule has 0 bridgehead atoms. The highest BCUT2D eigenvalue weighted by Crippen LogP contribution is 2.09. The molecule has 150 valence electrons. The van der Waals surface area contributed by atoms with Crippen molar-refractivity contribution in [3.05, 3.63) is 0 Å². The highest BCUT2D eigenvalue weighted by molar-refractivity contribution is 5.85. The van der Waals surface area contributed by atoms with Crippen LogP contribution in [0.5, 0.6) is 0 Å². The smallest absolute Gasteiger partial charge is 0.410 e. The fourth-order valence-corrected chi connectivity index (χ4v) is 1.52. The van der Waals surface area contributed by atoms with Crippen molar-refractivity contribution >= 4 is 30.4 Å². The van der Waals surface area contributed by atoms with Gasteiger partial charge in [0.1, 0.15) is 5.60 Å². The van der Waals surface area contributed by atoms with Crippen molar-refractivity contribution in [3.8, 4) is 0 Å². The third-order valence-electron chi connectivity index (χ3n) is 2.80. The van der Waals surface area contributed by atoms with Crippen LogP contribution in [0.4, 0.5) is 4.79 Å². The zero-order valence-corrected chi connectivity index (χ0v) is 17.1. The van der Waals surface area contributed by atoms with Crippen molar-refractivity contribution in [1.82, 2.24) is 4.90 Å². The Morgan fingerprint density at radius 1 is 1.04 bits per heavy atom. The van der Waals surface area contributed by atoms with E-state index in [0.717, 1.165) is 19.3 Å². The third kappa shape index (κ3) is 22.5. The van der Waals surface area contributed by atoms with Gasteiger partial charge in [0.2, 0.25) is 0 Å². The minimum atomic E-state index is -0.682. The topological polar surface area (TPSA) is 93.1 Å². The van der Waals surface area contributed by atoms with Gasteiger partial charge in [-0.05, 0) is 33.6 Å². The summed E-state index contributed by atoms with van der Waals surface area (Å²) in [6.45, 7) is 7.97. The highest BCUT2D eigenvalue weighted by atomic mass is 35.5. The number of hydrogen-bond donors (Lipinski definition) is 1. The van der Waals surface area contributed by atoms with Crippen molar-refractivity contribution in [2.45, 2.75) is 71.8 Å². The molecule has 1 amide bonds. The number of carbonyl (C=O) groups excluding carboxylic acids is 2. The van der Waals surface area contributed by atoms with E-state index in [9.17, 15) is 14.4 Å². The third-order valence-corrected chi connectivity index (χ3v) is 2.80. The summed E-state index contributed by atoms with van der Waals surface area (Å²) in [6.07, 6.45) is 3.78. The van der Waals surface area contributed by atoms with E-state index in [4.69, 9.17) is 9.84 Å². The molecule has 0 aliphatic heterocycles. The standard InChI is InChI=1S/C11H21NO4.C6H12O2.ClH/c1-11(2,3)16-10(14)12(4)8-6-7-9(13)15-5;1-2-3-4-5-6(7)8;/h6-8H2,1-5H3;2-5H2,1H3,(H,7,8);1H. The van der Waals surface area contributed by atoms with E-state index < -0.39 is 11.6 Å². The molecule has 0 saturated carbocycles. The summed E-state index contributed by atoms with van der Waals surface area (Å²) in [5.74, 6) is -0.948. The summed E-state index contributed by atoms with van der Waals surface area (Å²) in [5, 5.41) is 8.14. The second kappa shape index (κ2) is 16.0. The van der Waals surface area contributed by atoms with E-state index >= 15 is 0 Å². The van der Waals surface area contributed by atoms with Crippen LogP contribution in [0.15, 0.2) is 0 Å². The summed E-state index contributed by atoms with van der Waals surface area (Å²) in [6, 6.07) is 0. The molecule has 0 fully saturated rings. The number of rotatable bonds is 8. The van der Waals surface area contributed by atoms with Gasteiger partial charge < -0.3 is 19.5 Å². The van der Waals surface area contributed by atoms with Crippen molar-refractivity contribution in [2.24, 2.45) is 0 Å². The van der Waals surface area contributed by atoms with Gasteiger partial charge in [-0.2, -0.15) is 0 Å². The maximum Gasteiger partial charge on any atom is 0.410 e. The van der Waals surface area contributed by atoms with Crippen LogP contribution in [-0.2, 0) is 19.1 Å². The number of methoxy groups -OCH3 is 1. The predicted molar refractivity (Wildman–Crippen MR) is 99.1 cm³/mol. The molecule has 0 aromatic rings. The Bertz CT molecular complexity index is 382. The first kappa shape index (κ1) is 28.3. The molecule has 7 nitrogen and oxygen atoms in total. The van der Waals surface area contributed by atoms with Crippen LogP contribution in [0.3, 0.4) is 0 Å². The number of nitrogens with zero attached hydrogens (tertiary/aromatic N) is 1. The normalized spacial score (nSPS) is 9.84. The Morgan fingerprint density at radius 2 is 1.60 bits per heavy atom. The quantitative estimate of drug-likeness (QED) is 0.505. The lowest BCUT2D eigenvalue weighted by molar-refractivity contribution is -0.141. The van der Waals surface area contributed by atoms with Crippen molar-refractivity contribution in [3.63, 3.8) is 0 Å². The number of carbonyl (C=O) groups is 3. The van der Waals surface area contributed by atoms with E-state index in [-0.39, 0.29) is 24.5 Å². The monoisotopic (exact) mass is 383 g/mol. The lowest BCUT2D eigenvalue weighted by Crippen LogP contribution is -2.34. The molecule has 0 aromatic carbocycles. The van der Waals surface area contributed by atoms with Crippen molar-refractivity contribution < 1.29 is 29.0 Å². The van der Waals surface area contributed by atoms with Crippen molar-refractivity contribution in [2.75, 3.05) is 20.7 Å². The number of carboxylic acids is 1. The Morgan fingerprint density at radius 3 is 2.00 bits per heavy atom. The number of hydrogen-bond acceptors (Lipinski definition) is 5. The molecule has 0 radical (unpaired) electrons. The largest absolute Gasteiger partial charge is 0.481 e. The van der Waals surface area contributed by atoms with Gasteiger partial charge in [-0.15, -0.1) is 12.4 Å². The van der Waals surface area contributed by atoms with Gasteiger partial charge in [-0.3, -0.25) is 9.59 Å². The van der Waals surface area contributed by atoms with E-state index in [0.29, 0.717) is 25.8 Å². The van der Waals surface area contributed by atoms with Crippen LogP contribution in [0.2, 0.25) is 0 Å². The average molecular weight is 384 g/mol. The molecule has 0 heterocycles. The molecule has 0 atom stereocenters. The molecule has 0 aliphatic rings. The first-order valence-electron chi connectivity index (χ1n) is 8.26. The molecule has 0 spiro atoms. The SMILES string of the molecule is CCCCCC(=O)O.COC(=O)CCCN(C)C(=O)OC(C)(C)C.Cl. The van der Waals surface area contributed by atoms with Crippen LogP contribution in [0.25, 0.3) is 0 Å². The molecule has 25 heavy (non-hydrogen) atoms. The lowest BCUT2D eigenvalue weighted by atomic mass is 10.2. The Balaban J connectivity index is -0.000000457. The number of ether oxygens (including phenoxy) is 2. The second-order valence-corrected chi connectivity index (χ2v) is 6.43. The molecule has 0 aromatic heterocycles. The lowest BCUT2D eigenvalue weighted by Gasteiger charge is -2.24. The van der Waals surface area contributed by atoms with Crippen LogP contribution < -0.4 is 0 Å². The van der Waals surface area contributed by atoms with Crippen LogP contribution >= 0.6 is 12.4 Å². The number of amides is 1. The maximum atomic E-state index is 11.5. The Kier molecular flexibility index (Phi) is 18.1. The maximum absolute atomic E-state index is 11.5. The second-order valence-electron chi connectivity index (χ2n) is 6.43. The van der Waals surface area contributed by atoms with E-state index in [1.807, 2.05) is 20.8 Å². The highest BCUT2D eigenvalue weighted by Gasteiger charge is 2.19. The fraction of sp³-hybridized carbons (Fsp3) is 0.824. The van der Waals surface area contributed by atoms with Gasteiger partial charge in [0, 0.05) is 26.4 Å².